The smallest absolute Gasteiger partial charge is 0.408 e. The molecule has 0 spiro atoms. The van der Waals surface area contributed by atoms with Crippen LogP contribution in [0, 0.1) is 19.3 Å². The third-order valence-electron chi connectivity index (χ3n) is 5.53. The van der Waals surface area contributed by atoms with Crippen LogP contribution in [-0.2, 0) is 19.1 Å². The number of anilines is 1. The molecule has 0 radical (unpaired) electrons. The van der Waals surface area contributed by atoms with Crippen molar-refractivity contribution in [2.45, 2.75) is 58.2 Å². The molecule has 0 heterocycles. The van der Waals surface area contributed by atoms with Gasteiger partial charge in [-0.2, -0.15) is 0 Å². The van der Waals surface area contributed by atoms with E-state index in [0.717, 1.165) is 5.56 Å². The second-order valence-corrected chi connectivity index (χ2v) is 10.1. The Balaban J connectivity index is 2.50. The number of primary amides is 1. The zero-order valence-electron chi connectivity index (χ0n) is 22.1. The van der Waals surface area contributed by atoms with Crippen LogP contribution < -0.4 is 16.4 Å². The van der Waals surface area contributed by atoms with Gasteiger partial charge in [0.25, 0.3) is 5.91 Å². The summed E-state index contributed by atoms with van der Waals surface area (Å²) in [7, 11) is 1.41. The van der Waals surface area contributed by atoms with E-state index in [0.29, 0.717) is 21.8 Å². The zero-order chi connectivity index (χ0) is 28.6. The number of carbonyl (C=O) groups is 4. The number of nitrogens with one attached hydrogen (secondary N) is 2. The van der Waals surface area contributed by atoms with Gasteiger partial charge in [0.1, 0.15) is 17.7 Å². The fraction of sp³-hybridized carbons (Fsp3) is 0.357. The number of likely N-dealkylation sites (N-methyl/N-ethyl adjacent to an activating group) is 1. The number of nitrogens with two attached hydrogens (primary N) is 1. The van der Waals surface area contributed by atoms with Gasteiger partial charge in [-0.05, 0) is 57.4 Å². The molecule has 0 aliphatic carbocycles. The molecule has 4 amide bonds. The number of para-hydroxylation sites is 1. The van der Waals surface area contributed by atoms with Crippen LogP contribution in [-0.4, -0.2) is 47.4 Å². The van der Waals surface area contributed by atoms with Crippen LogP contribution in [0.4, 0.5) is 10.5 Å². The summed E-state index contributed by atoms with van der Waals surface area (Å²) in [6.07, 6.45) is 4.56. The molecule has 9 nitrogen and oxygen atoms in total. The number of amides is 4. The summed E-state index contributed by atoms with van der Waals surface area (Å²) in [5, 5.41) is 5.63. The number of ether oxygens (including phenoxy) is 1. The van der Waals surface area contributed by atoms with Crippen LogP contribution in [0.1, 0.15) is 56.3 Å². The van der Waals surface area contributed by atoms with Crippen LogP contribution in [0.15, 0.2) is 42.5 Å². The van der Waals surface area contributed by atoms with Gasteiger partial charge in [0.05, 0.1) is 10.7 Å². The molecular weight excluding hydrogens is 508 g/mol. The van der Waals surface area contributed by atoms with Crippen molar-refractivity contribution in [3.63, 3.8) is 0 Å². The summed E-state index contributed by atoms with van der Waals surface area (Å²) in [5.41, 5.74) is 6.36. The fourth-order valence-corrected chi connectivity index (χ4v) is 4.01. The summed E-state index contributed by atoms with van der Waals surface area (Å²) in [6, 6.07) is 9.45. The molecule has 0 aliphatic rings. The lowest BCUT2D eigenvalue weighted by Gasteiger charge is -2.32. The number of alkyl carbamates (subject to hydrolysis) is 1. The molecule has 2 unspecified atom stereocenters. The highest BCUT2D eigenvalue weighted by molar-refractivity contribution is 6.34. The fourth-order valence-electron chi connectivity index (χ4n) is 3.74. The van der Waals surface area contributed by atoms with Gasteiger partial charge in [-0.15, -0.1) is 6.42 Å². The first-order chi connectivity index (χ1) is 17.7. The number of hydrogen-bond donors (Lipinski definition) is 3. The van der Waals surface area contributed by atoms with Crippen molar-refractivity contribution < 1.29 is 23.9 Å². The number of hydrogen-bond acceptors (Lipinski definition) is 5. The number of rotatable bonds is 9. The van der Waals surface area contributed by atoms with Crippen LogP contribution in [0.2, 0.25) is 5.02 Å². The lowest BCUT2D eigenvalue weighted by atomic mass is 9.97. The number of aryl methyl sites for hydroxylation is 1. The quantitative estimate of drug-likeness (QED) is 0.415. The molecule has 2 aromatic rings. The molecule has 0 bridgehead atoms. The normalized spacial score (nSPS) is 12.4. The van der Waals surface area contributed by atoms with E-state index in [4.69, 9.17) is 28.5 Å². The topological polar surface area (TPSA) is 131 Å². The summed E-state index contributed by atoms with van der Waals surface area (Å²) in [4.78, 5) is 52.6. The number of terminal acetylenes is 1. The summed E-state index contributed by atoms with van der Waals surface area (Å²) < 4.78 is 5.28. The lowest BCUT2D eigenvalue weighted by molar-refractivity contribution is -0.139. The highest BCUT2D eigenvalue weighted by Crippen LogP contribution is 2.30. The maximum Gasteiger partial charge on any atom is 0.408 e. The first kappa shape index (κ1) is 30.2. The molecule has 0 saturated carbocycles. The Hall–Kier alpha value is -4.03. The van der Waals surface area contributed by atoms with E-state index in [1.54, 1.807) is 70.2 Å². The Morgan fingerprint density at radius 1 is 1.13 bits per heavy atom. The second-order valence-electron chi connectivity index (χ2n) is 9.71. The molecule has 0 fully saturated rings. The zero-order valence-corrected chi connectivity index (χ0v) is 22.9. The molecule has 2 aromatic carbocycles. The predicted molar refractivity (Wildman–Crippen MR) is 146 cm³/mol. The third-order valence-corrected chi connectivity index (χ3v) is 5.85. The maximum absolute atomic E-state index is 13.7. The second kappa shape index (κ2) is 13.0. The van der Waals surface area contributed by atoms with Crippen molar-refractivity contribution in [2.75, 3.05) is 12.4 Å². The molecule has 2 atom stereocenters. The van der Waals surface area contributed by atoms with Crippen molar-refractivity contribution in [2.24, 2.45) is 5.73 Å². The van der Waals surface area contributed by atoms with E-state index in [2.05, 4.69) is 16.6 Å². The molecule has 0 aromatic heterocycles. The number of benzene rings is 2. The molecular formula is C28H33ClN4O5. The largest absolute Gasteiger partial charge is 0.444 e. The SMILES string of the molecule is C#Cc1ccccc1C(C(=O)Nc1c(C)cccc1Cl)N(C)C(=O)C(CCC(N)=O)NC(=O)OC(C)(C)C. The standard InChI is InChI=1S/C28H33ClN4O5/c1-7-18-12-8-9-13-19(18)24(25(35)32-23-17(2)11-10-14-20(23)29)33(6)26(36)21(15-16-22(30)34)31-27(37)38-28(3,4)5/h1,8-14,21,24H,15-16H2,2-6H3,(H2,30,34)(H,31,37)(H,32,35). The van der Waals surface area contributed by atoms with Gasteiger partial charge in [0.2, 0.25) is 11.8 Å². The molecule has 10 heteroatoms. The van der Waals surface area contributed by atoms with Crippen LogP contribution in [0.25, 0.3) is 0 Å². The minimum atomic E-state index is -1.21. The van der Waals surface area contributed by atoms with Gasteiger partial charge in [0, 0.05) is 19.0 Å². The average molecular weight is 541 g/mol. The average Bonchev–Trinajstić information content (AvgIpc) is 2.82. The van der Waals surface area contributed by atoms with Gasteiger partial charge in [-0.1, -0.05) is 47.9 Å². The van der Waals surface area contributed by atoms with Crippen molar-refractivity contribution in [1.82, 2.24) is 10.2 Å². The molecule has 202 valence electrons. The van der Waals surface area contributed by atoms with E-state index in [1.807, 2.05) is 0 Å². The van der Waals surface area contributed by atoms with Gasteiger partial charge in [0.15, 0.2) is 0 Å². The molecule has 38 heavy (non-hydrogen) atoms. The van der Waals surface area contributed by atoms with Crippen molar-refractivity contribution in [1.29, 1.82) is 0 Å². The van der Waals surface area contributed by atoms with E-state index < -0.39 is 41.5 Å². The lowest BCUT2D eigenvalue weighted by Crippen LogP contribution is -2.51. The highest BCUT2D eigenvalue weighted by atomic mass is 35.5. The molecule has 0 aliphatic heterocycles. The Morgan fingerprint density at radius 3 is 2.37 bits per heavy atom. The highest BCUT2D eigenvalue weighted by Gasteiger charge is 2.35. The van der Waals surface area contributed by atoms with Gasteiger partial charge < -0.3 is 26.0 Å². The minimum absolute atomic E-state index is 0.105. The van der Waals surface area contributed by atoms with Crippen LogP contribution >= 0.6 is 11.6 Å². The van der Waals surface area contributed by atoms with E-state index in [9.17, 15) is 19.2 Å². The molecule has 0 saturated heterocycles. The number of halogens is 1. The first-order valence-corrected chi connectivity index (χ1v) is 12.3. The Labute approximate surface area is 228 Å². The predicted octanol–water partition coefficient (Wildman–Crippen LogP) is 3.93. The molecule has 2 rings (SSSR count). The van der Waals surface area contributed by atoms with E-state index >= 15 is 0 Å². The molecule has 4 N–H and O–H groups in total. The summed E-state index contributed by atoms with van der Waals surface area (Å²) in [5.74, 6) is 0.658. The van der Waals surface area contributed by atoms with Crippen molar-refractivity contribution >= 4 is 41.1 Å². The van der Waals surface area contributed by atoms with Crippen molar-refractivity contribution in [3.8, 4) is 12.3 Å². The van der Waals surface area contributed by atoms with E-state index in [-0.39, 0.29) is 12.8 Å². The summed E-state index contributed by atoms with van der Waals surface area (Å²) >= 11 is 6.32. The van der Waals surface area contributed by atoms with E-state index in [1.165, 1.54) is 11.9 Å². The monoisotopic (exact) mass is 540 g/mol. The summed E-state index contributed by atoms with van der Waals surface area (Å²) in [6.45, 7) is 6.80. The Morgan fingerprint density at radius 2 is 1.79 bits per heavy atom. The Kier molecular flexibility index (Phi) is 10.3. The van der Waals surface area contributed by atoms with Crippen LogP contribution in [0.5, 0.6) is 0 Å². The Bertz CT molecular complexity index is 1230. The number of carbonyl (C=O) groups excluding carboxylic acids is 4. The van der Waals surface area contributed by atoms with Gasteiger partial charge in [-0.25, -0.2) is 4.79 Å². The van der Waals surface area contributed by atoms with Crippen LogP contribution in [0.3, 0.4) is 0 Å². The number of nitrogens with zero attached hydrogens (tertiary/aromatic N) is 1. The minimum Gasteiger partial charge on any atom is -0.444 e. The van der Waals surface area contributed by atoms with Crippen molar-refractivity contribution in [3.05, 3.63) is 64.2 Å². The van der Waals surface area contributed by atoms with Gasteiger partial charge in [-0.3, -0.25) is 14.4 Å². The third kappa shape index (κ3) is 8.25. The van der Waals surface area contributed by atoms with Gasteiger partial charge >= 0.3 is 6.09 Å². The first-order valence-electron chi connectivity index (χ1n) is 11.9. The maximum atomic E-state index is 13.7.